The lowest BCUT2D eigenvalue weighted by Crippen LogP contribution is -2.47. The van der Waals surface area contributed by atoms with Crippen LogP contribution in [0.4, 0.5) is 0 Å². The molecule has 5 rings (SSSR count). The van der Waals surface area contributed by atoms with E-state index in [4.69, 9.17) is 9.47 Å². The number of nitrogens with one attached hydrogen (secondary N) is 1. The molecule has 3 heterocycles. The molecule has 5 heteroatoms. The maximum atomic E-state index is 5.53. The standard InChI is InChI=1S/C30H41N3O2/c1-5-14-32-15-12-25(13-16-32)33-17-10-22(11-18-33)23-6-8-27-26(19-23)21(2)30(31-27)24-7-9-28(34-3)29(20-24)35-4/h6-9,19-20,22,25,31H,5,10-18H2,1-4H3. The number of ether oxygens (including phenoxy) is 2. The highest BCUT2D eigenvalue weighted by Gasteiger charge is 2.28. The summed E-state index contributed by atoms with van der Waals surface area (Å²) in [6, 6.07) is 14.0. The van der Waals surface area contributed by atoms with Crippen LogP contribution in [0.15, 0.2) is 36.4 Å². The molecule has 35 heavy (non-hydrogen) atoms. The Morgan fingerprint density at radius 2 is 1.63 bits per heavy atom. The molecule has 2 saturated heterocycles. The SMILES string of the molecule is CCCN1CCC(N2CCC(c3ccc4[nH]c(-c5ccc(OC)c(OC)c5)c(C)c4c3)CC2)CC1. The zero-order valence-electron chi connectivity index (χ0n) is 21.9. The van der Waals surface area contributed by atoms with Gasteiger partial charge in [0.05, 0.1) is 14.2 Å². The van der Waals surface area contributed by atoms with Gasteiger partial charge in [0.2, 0.25) is 0 Å². The van der Waals surface area contributed by atoms with Gasteiger partial charge in [-0.25, -0.2) is 0 Å². The number of H-pyrrole nitrogens is 1. The number of aromatic nitrogens is 1. The number of nitrogens with zero attached hydrogens (tertiary/aromatic N) is 2. The third kappa shape index (κ3) is 4.94. The minimum atomic E-state index is 0.662. The van der Waals surface area contributed by atoms with Crippen molar-refractivity contribution in [1.82, 2.24) is 14.8 Å². The Hall–Kier alpha value is -2.50. The van der Waals surface area contributed by atoms with Gasteiger partial charge in [0.25, 0.3) is 0 Å². The van der Waals surface area contributed by atoms with Gasteiger partial charge in [0.15, 0.2) is 11.5 Å². The Labute approximate surface area is 210 Å². The topological polar surface area (TPSA) is 40.7 Å². The number of likely N-dealkylation sites (tertiary alicyclic amines) is 2. The van der Waals surface area contributed by atoms with Gasteiger partial charge < -0.3 is 24.3 Å². The quantitative estimate of drug-likeness (QED) is 0.441. The molecule has 1 aromatic heterocycles. The second kappa shape index (κ2) is 10.6. The van der Waals surface area contributed by atoms with Crippen LogP contribution in [0.1, 0.15) is 56.1 Å². The van der Waals surface area contributed by atoms with Gasteiger partial charge in [-0.3, -0.25) is 0 Å². The van der Waals surface area contributed by atoms with Gasteiger partial charge in [-0.2, -0.15) is 0 Å². The number of fused-ring (bicyclic) bond motifs is 1. The molecule has 1 N–H and O–H groups in total. The van der Waals surface area contributed by atoms with Crippen LogP contribution in [0.25, 0.3) is 22.2 Å². The lowest BCUT2D eigenvalue weighted by atomic mass is 9.87. The molecule has 0 saturated carbocycles. The molecule has 2 aliphatic rings. The molecule has 2 fully saturated rings. The summed E-state index contributed by atoms with van der Waals surface area (Å²) in [5, 5.41) is 1.33. The van der Waals surface area contributed by atoms with Crippen molar-refractivity contribution in [2.75, 3.05) is 46.9 Å². The fourth-order valence-electron chi connectivity index (χ4n) is 6.30. The maximum Gasteiger partial charge on any atom is 0.161 e. The Morgan fingerprint density at radius 1 is 0.886 bits per heavy atom. The van der Waals surface area contributed by atoms with E-state index in [9.17, 15) is 0 Å². The molecule has 0 spiro atoms. The van der Waals surface area contributed by atoms with Crippen molar-refractivity contribution in [3.8, 4) is 22.8 Å². The third-order valence-electron chi connectivity index (χ3n) is 8.37. The van der Waals surface area contributed by atoms with Crippen LogP contribution >= 0.6 is 0 Å². The fraction of sp³-hybridized carbons (Fsp3) is 0.533. The van der Waals surface area contributed by atoms with Crippen LogP contribution in [-0.4, -0.2) is 67.8 Å². The van der Waals surface area contributed by atoms with E-state index in [1.807, 2.05) is 6.07 Å². The van der Waals surface area contributed by atoms with E-state index in [0.717, 1.165) is 28.8 Å². The average molecular weight is 476 g/mol. The number of benzene rings is 2. The first-order chi connectivity index (χ1) is 17.1. The zero-order chi connectivity index (χ0) is 24.4. The summed E-state index contributed by atoms with van der Waals surface area (Å²) in [6.45, 7) is 10.8. The van der Waals surface area contributed by atoms with Crippen LogP contribution < -0.4 is 9.47 Å². The van der Waals surface area contributed by atoms with Crippen molar-refractivity contribution >= 4 is 10.9 Å². The molecule has 0 amide bonds. The summed E-state index contributed by atoms with van der Waals surface area (Å²) < 4.78 is 11.0. The lowest BCUT2D eigenvalue weighted by molar-refractivity contribution is 0.0874. The van der Waals surface area contributed by atoms with Crippen molar-refractivity contribution in [3.63, 3.8) is 0 Å². The van der Waals surface area contributed by atoms with E-state index in [2.05, 4.69) is 59.0 Å². The van der Waals surface area contributed by atoms with Crippen molar-refractivity contribution in [2.24, 2.45) is 0 Å². The van der Waals surface area contributed by atoms with Gasteiger partial charge >= 0.3 is 0 Å². The summed E-state index contributed by atoms with van der Waals surface area (Å²) >= 11 is 0. The molecule has 0 radical (unpaired) electrons. The van der Waals surface area contributed by atoms with Crippen LogP contribution in [-0.2, 0) is 0 Å². The minimum Gasteiger partial charge on any atom is -0.493 e. The molecule has 0 unspecified atom stereocenters. The monoisotopic (exact) mass is 475 g/mol. The minimum absolute atomic E-state index is 0.662. The highest BCUT2D eigenvalue weighted by Crippen LogP contribution is 2.38. The number of piperidine rings is 2. The van der Waals surface area contributed by atoms with E-state index in [0.29, 0.717) is 5.92 Å². The molecule has 0 bridgehead atoms. The first kappa shape index (κ1) is 24.2. The molecule has 0 aliphatic carbocycles. The molecular formula is C30H41N3O2. The van der Waals surface area contributed by atoms with Crippen molar-refractivity contribution in [1.29, 1.82) is 0 Å². The van der Waals surface area contributed by atoms with E-state index < -0.39 is 0 Å². The highest BCUT2D eigenvalue weighted by molar-refractivity contribution is 5.91. The number of hydrogen-bond donors (Lipinski definition) is 1. The predicted octanol–water partition coefficient (Wildman–Crippen LogP) is 6.21. The normalized spacial score (nSPS) is 18.9. The summed E-state index contributed by atoms with van der Waals surface area (Å²) in [4.78, 5) is 9.09. The highest BCUT2D eigenvalue weighted by atomic mass is 16.5. The summed E-state index contributed by atoms with van der Waals surface area (Å²) in [5.74, 6) is 2.17. The smallest absolute Gasteiger partial charge is 0.161 e. The maximum absolute atomic E-state index is 5.53. The van der Waals surface area contributed by atoms with Gasteiger partial charge in [0.1, 0.15) is 0 Å². The van der Waals surface area contributed by atoms with Gasteiger partial charge in [-0.1, -0.05) is 13.0 Å². The number of aryl methyl sites for hydroxylation is 1. The summed E-state index contributed by atoms with van der Waals surface area (Å²) in [5.41, 5.74) is 6.27. The molecule has 5 nitrogen and oxygen atoms in total. The van der Waals surface area contributed by atoms with E-state index in [1.165, 1.54) is 86.9 Å². The van der Waals surface area contributed by atoms with Gasteiger partial charge in [0, 0.05) is 28.2 Å². The lowest BCUT2D eigenvalue weighted by Gasteiger charge is -2.42. The molecule has 0 atom stereocenters. The van der Waals surface area contributed by atoms with Crippen molar-refractivity contribution < 1.29 is 9.47 Å². The Balaban J connectivity index is 1.28. The summed E-state index contributed by atoms with van der Waals surface area (Å²) in [6.07, 6.45) is 6.51. The van der Waals surface area contributed by atoms with Gasteiger partial charge in [-0.05, 0) is 119 Å². The number of hydrogen-bond acceptors (Lipinski definition) is 4. The van der Waals surface area contributed by atoms with Crippen LogP contribution in [0.3, 0.4) is 0 Å². The second-order valence-corrected chi connectivity index (χ2v) is 10.4. The molecule has 188 valence electrons. The first-order valence-corrected chi connectivity index (χ1v) is 13.4. The second-order valence-electron chi connectivity index (χ2n) is 10.4. The van der Waals surface area contributed by atoms with E-state index >= 15 is 0 Å². The van der Waals surface area contributed by atoms with E-state index in [1.54, 1.807) is 14.2 Å². The number of methoxy groups -OCH3 is 2. The Morgan fingerprint density at radius 3 is 2.31 bits per heavy atom. The summed E-state index contributed by atoms with van der Waals surface area (Å²) in [7, 11) is 3.36. The number of rotatable bonds is 7. The van der Waals surface area contributed by atoms with Crippen molar-refractivity contribution in [2.45, 2.75) is 57.9 Å². The fourth-order valence-corrected chi connectivity index (χ4v) is 6.30. The predicted molar refractivity (Wildman–Crippen MR) is 145 cm³/mol. The molecular weight excluding hydrogens is 434 g/mol. The first-order valence-electron chi connectivity index (χ1n) is 13.4. The molecule has 3 aromatic rings. The van der Waals surface area contributed by atoms with E-state index in [-0.39, 0.29) is 0 Å². The zero-order valence-corrected chi connectivity index (χ0v) is 21.9. The molecule has 2 aliphatic heterocycles. The van der Waals surface area contributed by atoms with Crippen molar-refractivity contribution in [3.05, 3.63) is 47.5 Å². The van der Waals surface area contributed by atoms with Gasteiger partial charge in [-0.15, -0.1) is 0 Å². The van der Waals surface area contributed by atoms with Crippen LogP contribution in [0, 0.1) is 6.92 Å². The molecule has 2 aromatic carbocycles. The average Bonchev–Trinajstić information content (AvgIpc) is 3.24. The Bertz CT molecular complexity index is 1140. The van der Waals surface area contributed by atoms with Crippen LogP contribution in [0.2, 0.25) is 0 Å². The number of aromatic amines is 1. The van der Waals surface area contributed by atoms with Crippen LogP contribution in [0.5, 0.6) is 11.5 Å². The Kier molecular flexibility index (Phi) is 7.35. The third-order valence-corrected chi connectivity index (χ3v) is 8.37. The largest absolute Gasteiger partial charge is 0.493 e.